The van der Waals surface area contributed by atoms with Crippen LogP contribution in [-0.4, -0.2) is 25.3 Å². The summed E-state index contributed by atoms with van der Waals surface area (Å²) in [6.07, 6.45) is -1.68. The van der Waals surface area contributed by atoms with Crippen molar-refractivity contribution >= 4 is 17.6 Å². The molecule has 0 radical (unpaired) electrons. The standard InChI is InChI=1S/C11H12ClFO4/c1-5-4-6(13)8(12)7(10(5)16-2)9(14)11(15)17-3/h4,9,14H,1-3H3. The van der Waals surface area contributed by atoms with Crippen LogP contribution in [0.5, 0.6) is 5.75 Å². The third-order valence-corrected chi connectivity index (χ3v) is 2.68. The highest BCUT2D eigenvalue weighted by molar-refractivity contribution is 6.32. The van der Waals surface area contributed by atoms with Gasteiger partial charge < -0.3 is 14.6 Å². The lowest BCUT2D eigenvalue weighted by Gasteiger charge is -2.17. The first-order chi connectivity index (χ1) is 7.93. The SMILES string of the molecule is COC(=O)C(O)c1c(Cl)c(F)cc(C)c1OC. The second-order valence-corrected chi connectivity index (χ2v) is 3.74. The van der Waals surface area contributed by atoms with Crippen molar-refractivity contribution in [1.29, 1.82) is 0 Å². The molecule has 0 aliphatic heterocycles. The fraction of sp³-hybridized carbons (Fsp3) is 0.364. The molecular weight excluding hydrogens is 251 g/mol. The third kappa shape index (κ3) is 2.50. The molecule has 0 saturated heterocycles. The van der Waals surface area contributed by atoms with E-state index in [9.17, 15) is 14.3 Å². The van der Waals surface area contributed by atoms with E-state index in [0.29, 0.717) is 5.56 Å². The van der Waals surface area contributed by atoms with Crippen LogP contribution >= 0.6 is 11.6 Å². The van der Waals surface area contributed by atoms with E-state index in [1.807, 2.05) is 0 Å². The third-order valence-electron chi connectivity index (χ3n) is 2.29. The van der Waals surface area contributed by atoms with Gasteiger partial charge >= 0.3 is 5.97 Å². The fourth-order valence-corrected chi connectivity index (χ4v) is 1.75. The van der Waals surface area contributed by atoms with Crippen LogP contribution in [0.1, 0.15) is 17.2 Å². The van der Waals surface area contributed by atoms with Gasteiger partial charge in [0, 0.05) is 0 Å². The van der Waals surface area contributed by atoms with Crippen LogP contribution in [0.25, 0.3) is 0 Å². The Morgan fingerprint density at radius 3 is 2.59 bits per heavy atom. The number of carbonyl (C=O) groups is 1. The number of hydrogen-bond acceptors (Lipinski definition) is 4. The fourth-order valence-electron chi connectivity index (χ4n) is 1.50. The maximum atomic E-state index is 13.4. The number of methoxy groups -OCH3 is 2. The highest BCUT2D eigenvalue weighted by Crippen LogP contribution is 2.37. The summed E-state index contributed by atoms with van der Waals surface area (Å²) in [4.78, 5) is 11.2. The average molecular weight is 263 g/mol. The molecule has 0 aromatic heterocycles. The Hall–Kier alpha value is -1.33. The molecule has 6 heteroatoms. The molecule has 1 aromatic carbocycles. The number of ether oxygens (including phenoxy) is 2. The number of carbonyl (C=O) groups excluding carboxylic acids is 1. The lowest BCUT2D eigenvalue weighted by molar-refractivity contribution is -0.150. The summed E-state index contributed by atoms with van der Waals surface area (Å²) in [5.41, 5.74) is 0.297. The maximum Gasteiger partial charge on any atom is 0.339 e. The van der Waals surface area contributed by atoms with E-state index in [-0.39, 0.29) is 16.3 Å². The van der Waals surface area contributed by atoms with Crippen LogP contribution in [0.3, 0.4) is 0 Å². The van der Waals surface area contributed by atoms with Crippen LogP contribution in [0, 0.1) is 12.7 Å². The van der Waals surface area contributed by atoms with E-state index < -0.39 is 17.9 Å². The molecule has 1 unspecified atom stereocenters. The van der Waals surface area contributed by atoms with Crippen molar-refractivity contribution in [2.45, 2.75) is 13.0 Å². The van der Waals surface area contributed by atoms with Gasteiger partial charge in [-0.25, -0.2) is 9.18 Å². The summed E-state index contributed by atoms with van der Waals surface area (Å²) in [5, 5.41) is 9.37. The van der Waals surface area contributed by atoms with Crippen LogP contribution in [0.2, 0.25) is 5.02 Å². The van der Waals surface area contributed by atoms with Crippen molar-refractivity contribution in [3.05, 3.63) is 28.0 Å². The van der Waals surface area contributed by atoms with Gasteiger partial charge in [0.25, 0.3) is 0 Å². The molecule has 1 aromatic rings. The zero-order valence-electron chi connectivity index (χ0n) is 9.58. The molecule has 0 heterocycles. The quantitative estimate of drug-likeness (QED) is 0.847. The molecule has 0 fully saturated rings. The highest BCUT2D eigenvalue weighted by atomic mass is 35.5. The molecule has 1 rings (SSSR count). The van der Waals surface area contributed by atoms with Crippen molar-refractivity contribution in [2.75, 3.05) is 14.2 Å². The minimum Gasteiger partial charge on any atom is -0.496 e. The summed E-state index contributed by atoms with van der Waals surface area (Å²) in [6.45, 7) is 1.58. The van der Waals surface area contributed by atoms with Gasteiger partial charge in [-0.15, -0.1) is 0 Å². The number of aryl methyl sites for hydroxylation is 1. The van der Waals surface area contributed by atoms with E-state index in [4.69, 9.17) is 16.3 Å². The van der Waals surface area contributed by atoms with E-state index in [1.54, 1.807) is 6.92 Å². The van der Waals surface area contributed by atoms with Gasteiger partial charge in [-0.05, 0) is 18.6 Å². The maximum absolute atomic E-state index is 13.4. The number of halogens is 2. The van der Waals surface area contributed by atoms with Gasteiger partial charge in [-0.2, -0.15) is 0 Å². The zero-order chi connectivity index (χ0) is 13.2. The molecule has 0 bridgehead atoms. The topological polar surface area (TPSA) is 55.8 Å². The molecule has 0 aliphatic rings. The number of esters is 1. The number of benzene rings is 1. The Morgan fingerprint density at radius 1 is 1.53 bits per heavy atom. The van der Waals surface area contributed by atoms with E-state index >= 15 is 0 Å². The zero-order valence-corrected chi connectivity index (χ0v) is 10.3. The molecule has 0 saturated carbocycles. The molecule has 0 amide bonds. The predicted octanol–water partition coefficient (Wildman–Crippen LogP) is 2.00. The van der Waals surface area contributed by atoms with E-state index in [1.165, 1.54) is 7.11 Å². The second-order valence-electron chi connectivity index (χ2n) is 3.36. The summed E-state index contributed by atoms with van der Waals surface area (Å²) in [6, 6.07) is 1.16. The molecular formula is C11H12ClFO4. The molecule has 1 N–H and O–H groups in total. The first-order valence-electron chi connectivity index (χ1n) is 4.72. The lowest BCUT2D eigenvalue weighted by atomic mass is 10.0. The minimum absolute atomic E-state index is 0.126. The molecule has 1 atom stereocenters. The Morgan fingerprint density at radius 2 is 2.12 bits per heavy atom. The monoisotopic (exact) mass is 262 g/mol. The Balaban J connectivity index is 3.44. The van der Waals surface area contributed by atoms with Crippen molar-refractivity contribution < 1.29 is 23.8 Å². The smallest absolute Gasteiger partial charge is 0.339 e. The normalized spacial score (nSPS) is 12.1. The Kier molecular flexibility index (Phi) is 4.31. The van der Waals surface area contributed by atoms with Gasteiger partial charge in [0.15, 0.2) is 6.10 Å². The van der Waals surface area contributed by atoms with Gasteiger partial charge in [-0.3, -0.25) is 0 Å². The Bertz CT molecular complexity index is 448. The van der Waals surface area contributed by atoms with Crippen molar-refractivity contribution in [2.24, 2.45) is 0 Å². The molecule has 0 spiro atoms. The molecule has 4 nitrogen and oxygen atoms in total. The Labute approximate surface area is 103 Å². The van der Waals surface area contributed by atoms with Crippen LogP contribution in [0.15, 0.2) is 6.07 Å². The van der Waals surface area contributed by atoms with Crippen molar-refractivity contribution in [1.82, 2.24) is 0 Å². The molecule has 17 heavy (non-hydrogen) atoms. The number of hydrogen-bond donors (Lipinski definition) is 1. The number of aliphatic hydroxyl groups is 1. The second kappa shape index (κ2) is 5.33. The summed E-state index contributed by atoms with van der Waals surface area (Å²) in [7, 11) is 2.45. The van der Waals surface area contributed by atoms with Gasteiger partial charge in [0.2, 0.25) is 0 Å². The van der Waals surface area contributed by atoms with Crippen LogP contribution < -0.4 is 4.74 Å². The largest absolute Gasteiger partial charge is 0.496 e. The highest BCUT2D eigenvalue weighted by Gasteiger charge is 2.28. The van der Waals surface area contributed by atoms with E-state index in [0.717, 1.165) is 13.2 Å². The minimum atomic E-state index is -1.68. The summed E-state index contributed by atoms with van der Waals surface area (Å²) < 4.78 is 22.8. The first-order valence-corrected chi connectivity index (χ1v) is 5.10. The summed E-state index contributed by atoms with van der Waals surface area (Å²) >= 11 is 5.72. The predicted molar refractivity (Wildman–Crippen MR) is 59.7 cm³/mol. The molecule has 94 valence electrons. The van der Waals surface area contributed by atoms with Crippen molar-refractivity contribution in [3.63, 3.8) is 0 Å². The van der Waals surface area contributed by atoms with Crippen molar-refractivity contribution in [3.8, 4) is 5.75 Å². The van der Waals surface area contributed by atoms with Crippen LogP contribution in [-0.2, 0) is 9.53 Å². The first kappa shape index (κ1) is 13.7. The van der Waals surface area contributed by atoms with E-state index in [2.05, 4.69) is 4.74 Å². The van der Waals surface area contributed by atoms with Gasteiger partial charge in [0.05, 0.1) is 24.8 Å². The average Bonchev–Trinajstić information content (AvgIpc) is 2.31. The lowest BCUT2D eigenvalue weighted by Crippen LogP contribution is -2.16. The van der Waals surface area contributed by atoms with Crippen LogP contribution in [0.4, 0.5) is 4.39 Å². The molecule has 0 aliphatic carbocycles. The van der Waals surface area contributed by atoms with Gasteiger partial charge in [-0.1, -0.05) is 11.6 Å². The number of rotatable bonds is 3. The van der Waals surface area contributed by atoms with Gasteiger partial charge in [0.1, 0.15) is 11.6 Å². The number of aliphatic hydroxyl groups excluding tert-OH is 1. The summed E-state index contributed by atoms with van der Waals surface area (Å²) in [5.74, 6) is -1.51.